The number of amides is 1. The molecule has 3 aromatic carbocycles. The van der Waals surface area contributed by atoms with Gasteiger partial charge in [0.1, 0.15) is 0 Å². The van der Waals surface area contributed by atoms with Gasteiger partial charge in [0.25, 0.3) is 5.91 Å². The molecule has 1 heterocycles. The van der Waals surface area contributed by atoms with Crippen LogP contribution >= 0.6 is 23.2 Å². The normalized spacial score (nSPS) is 11.5. The van der Waals surface area contributed by atoms with Crippen LogP contribution < -0.4 is 5.32 Å². The SMILES string of the molecule is CS(=O)(=O)c1ccc(Cl)c(C(=O)Nc2ccc(Cl)c(-c3cnc4ccccc4n3)c2)c1. The van der Waals surface area contributed by atoms with Crippen LogP contribution in [-0.4, -0.2) is 30.5 Å². The lowest BCUT2D eigenvalue weighted by Gasteiger charge is -2.11. The maximum Gasteiger partial charge on any atom is 0.257 e. The first-order valence-corrected chi connectivity index (χ1v) is 11.7. The molecule has 1 N–H and O–H groups in total. The minimum Gasteiger partial charge on any atom is -0.322 e. The molecule has 31 heavy (non-hydrogen) atoms. The standard InChI is InChI=1S/C22H15Cl2N3O3S/c1-31(29,30)14-7-9-18(24)16(11-14)22(28)26-13-6-8-17(23)15(10-13)21-12-25-19-4-2-3-5-20(19)27-21/h2-12H,1H3,(H,26,28). The predicted molar refractivity (Wildman–Crippen MR) is 122 cm³/mol. The zero-order valence-electron chi connectivity index (χ0n) is 16.1. The summed E-state index contributed by atoms with van der Waals surface area (Å²) in [4.78, 5) is 21.8. The van der Waals surface area contributed by atoms with E-state index in [0.717, 1.165) is 17.3 Å². The summed E-state index contributed by atoms with van der Waals surface area (Å²) in [6, 6.07) is 16.4. The predicted octanol–water partition coefficient (Wildman–Crippen LogP) is 5.26. The largest absolute Gasteiger partial charge is 0.322 e. The summed E-state index contributed by atoms with van der Waals surface area (Å²) < 4.78 is 23.6. The van der Waals surface area contributed by atoms with Crippen molar-refractivity contribution in [1.82, 2.24) is 9.97 Å². The second-order valence-corrected chi connectivity index (χ2v) is 9.64. The van der Waals surface area contributed by atoms with Crippen molar-refractivity contribution in [2.45, 2.75) is 4.90 Å². The molecule has 0 spiro atoms. The molecule has 0 aliphatic heterocycles. The van der Waals surface area contributed by atoms with Crippen molar-refractivity contribution in [1.29, 1.82) is 0 Å². The highest BCUT2D eigenvalue weighted by Gasteiger charge is 2.17. The molecule has 0 unspecified atom stereocenters. The first-order valence-electron chi connectivity index (χ1n) is 9.05. The lowest BCUT2D eigenvalue weighted by atomic mass is 10.1. The van der Waals surface area contributed by atoms with Crippen LogP contribution in [0.25, 0.3) is 22.3 Å². The molecular formula is C22H15Cl2N3O3S. The second-order valence-electron chi connectivity index (χ2n) is 6.81. The number of carbonyl (C=O) groups excluding carboxylic acids is 1. The maximum absolute atomic E-state index is 12.8. The average Bonchev–Trinajstić information content (AvgIpc) is 2.74. The van der Waals surface area contributed by atoms with E-state index in [4.69, 9.17) is 23.2 Å². The number of anilines is 1. The Morgan fingerprint density at radius 1 is 0.935 bits per heavy atom. The van der Waals surface area contributed by atoms with E-state index in [1.54, 1.807) is 24.4 Å². The van der Waals surface area contributed by atoms with Gasteiger partial charge < -0.3 is 5.32 Å². The monoisotopic (exact) mass is 471 g/mol. The minimum absolute atomic E-state index is 0.00489. The number of para-hydroxylation sites is 2. The maximum atomic E-state index is 12.8. The van der Waals surface area contributed by atoms with E-state index in [0.29, 0.717) is 22.0 Å². The van der Waals surface area contributed by atoms with E-state index >= 15 is 0 Å². The summed E-state index contributed by atoms with van der Waals surface area (Å²) in [6.45, 7) is 0. The number of rotatable bonds is 4. The summed E-state index contributed by atoms with van der Waals surface area (Å²) in [5.74, 6) is -0.548. The van der Waals surface area contributed by atoms with Crippen LogP contribution in [0, 0.1) is 0 Å². The van der Waals surface area contributed by atoms with Crippen LogP contribution in [0.5, 0.6) is 0 Å². The molecule has 4 rings (SSSR count). The molecule has 4 aromatic rings. The summed E-state index contributed by atoms with van der Waals surface area (Å²) in [5, 5.41) is 3.31. The van der Waals surface area contributed by atoms with Crippen molar-refractivity contribution < 1.29 is 13.2 Å². The van der Waals surface area contributed by atoms with Gasteiger partial charge in [-0.05, 0) is 48.5 Å². The minimum atomic E-state index is -3.49. The summed E-state index contributed by atoms with van der Waals surface area (Å²) in [5.41, 5.74) is 3.11. The molecule has 0 atom stereocenters. The summed E-state index contributed by atoms with van der Waals surface area (Å²) in [7, 11) is -3.49. The first kappa shape index (κ1) is 21.2. The number of sulfone groups is 1. The van der Waals surface area contributed by atoms with Gasteiger partial charge in [0, 0.05) is 17.5 Å². The van der Waals surface area contributed by atoms with Crippen LogP contribution in [0.1, 0.15) is 10.4 Å². The van der Waals surface area contributed by atoms with Crippen LogP contribution in [0.3, 0.4) is 0 Å². The Hall–Kier alpha value is -3.00. The van der Waals surface area contributed by atoms with Crippen molar-refractivity contribution in [2.75, 3.05) is 11.6 Å². The van der Waals surface area contributed by atoms with Gasteiger partial charge >= 0.3 is 0 Å². The molecule has 0 saturated carbocycles. The van der Waals surface area contributed by atoms with Crippen molar-refractivity contribution in [2.24, 2.45) is 0 Å². The second kappa shape index (κ2) is 8.26. The zero-order chi connectivity index (χ0) is 22.2. The highest BCUT2D eigenvalue weighted by atomic mass is 35.5. The smallest absolute Gasteiger partial charge is 0.257 e. The topological polar surface area (TPSA) is 89.0 Å². The first-order chi connectivity index (χ1) is 14.7. The Labute approximate surface area is 188 Å². The molecule has 0 fully saturated rings. The Balaban J connectivity index is 1.68. The summed E-state index contributed by atoms with van der Waals surface area (Å²) in [6.07, 6.45) is 2.68. The fourth-order valence-corrected chi connectivity index (χ4v) is 4.06. The van der Waals surface area contributed by atoms with E-state index in [-0.39, 0.29) is 15.5 Å². The van der Waals surface area contributed by atoms with E-state index in [2.05, 4.69) is 15.3 Å². The summed E-state index contributed by atoms with van der Waals surface area (Å²) >= 11 is 12.5. The molecule has 0 saturated heterocycles. The number of fused-ring (bicyclic) bond motifs is 1. The van der Waals surface area contributed by atoms with E-state index < -0.39 is 15.7 Å². The fourth-order valence-electron chi connectivity index (χ4n) is 2.99. The van der Waals surface area contributed by atoms with Crippen LogP contribution in [0.4, 0.5) is 5.69 Å². The number of hydrogen-bond donors (Lipinski definition) is 1. The van der Waals surface area contributed by atoms with Gasteiger partial charge in [-0.2, -0.15) is 0 Å². The van der Waals surface area contributed by atoms with Crippen molar-refractivity contribution in [3.05, 3.63) is 82.5 Å². The van der Waals surface area contributed by atoms with Gasteiger partial charge in [-0.25, -0.2) is 13.4 Å². The van der Waals surface area contributed by atoms with E-state index in [1.165, 1.54) is 18.2 Å². The van der Waals surface area contributed by atoms with Gasteiger partial charge in [0.15, 0.2) is 9.84 Å². The third kappa shape index (κ3) is 4.54. The number of halogens is 2. The Kier molecular flexibility index (Phi) is 5.66. The highest BCUT2D eigenvalue weighted by molar-refractivity contribution is 7.90. The molecule has 9 heteroatoms. The number of hydrogen-bond acceptors (Lipinski definition) is 5. The molecule has 0 bridgehead atoms. The number of carbonyl (C=O) groups is 1. The Bertz CT molecular complexity index is 1440. The molecule has 1 aromatic heterocycles. The lowest BCUT2D eigenvalue weighted by molar-refractivity contribution is 0.102. The number of nitrogens with one attached hydrogen (secondary N) is 1. The van der Waals surface area contributed by atoms with Gasteiger partial charge in [-0.1, -0.05) is 35.3 Å². The quantitative estimate of drug-likeness (QED) is 0.438. The molecule has 0 aliphatic rings. The molecule has 0 radical (unpaired) electrons. The third-order valence-corrected chi connectivity index (χ3v) is 6.33. The van der Waals surface area contributed by atoms with Crippen LogP contribution in [0.15, 0.2) is 71.8 Å². The number of nitrogens with zero attached hydrogens (tertiary/aromatic N) is 2. The van der Waals surface area contributed by atoms with Gasteiger partial charge in [-0.3, -0.25) is 9.78 Å². The fraction of sp³-hybridized carbons (Fsp3) is 0.0455. The molecule has 1 amide bonds. The van der Waals surface area contributed by atoms with Crippen molar-refractivity contribution in [3.63, 3.8) is 0 Å². The average molecular weight is 472 g/mol. The Morgan fingerprint density at radius 2 is 1.65 bits per heavy atom. The molecule has 6 nitrogen and oxygen atoms in total. The van der Waals surface area contributed by atoms with Crippen molar-refractivity contribution in [3.8, 4) is 11.3 Å². The van der Waals surface area contributed by atoms with Crippen molar-refractivity contribution >= 4 is 55.7 Å². The zero-order valence-corrected chi connectivity index (χ0v) is 18.5. The Morgan fingerprint density at radius 3 is 2.39 bits per heavy atom. The van der Waals surface area contributed by atoms with Gasteiger partial charge in [0.05, 0.1) is 43.4 Å². The van der Waals surface area contributed by atoms with E-state index in [9.17, 15) is 13.2 Å². The molecular weight excluding hydrogens is 457 g/mol. The highest BCUT2D eigenvalue weighted by Crippen LogP contribution is 2.30. The molecule has 0 aliphatic carbocycles. The van der Waals surface area contributed by atoms with Crippen LogP contribution in [-0.2, 0) is 9.84 Å². The van der Waals surface area contributed by atoms with Crippen LogP contribution in [0.2, 0.25) is 10.0 Å². The van der Waals surface area contributed by atoms with Gasteiger partial charge in [0.2, 0.25) is 0 Å². The van der Waals surface area contributed by atoms with Gasteiger partial charge in [-0.15, -0.1) is 0 Å². The molecule has 156 valence electrons. The van der Waals surface area contributed by atoms with E-state index in [1.807, 2.05) is 24.3 Å². The lowest BCUT2D eigenvalue weighted by Crippen LogP contribution is -2.13. The third-order valence-electron chi connectivity index (χ3n) is 4.56. The number of benzene rings is 3. The number of aromatic nitrogens is 2.